The van der Waals surface area contributed by atoms with E-state index < -0.39 is 0 Å². The second kappa shape index (κ2) is 6.06. The fraction of sp³-hybridized carbons (Fsp3) is 0.412. The number of rotatable bonds is 3. The van der Waals surface area contributed by atoms with Crippen LogP contribution in [0.3, 0.4) is 0 Å². The molecule has 2 aliphatic rings. The molecule has 7 heteroatoms. The highest BCUT2D eigenvalue weighted by molar-refractivity contribution is 5.83. The van der Waals surface area contributed by atoms with E-state index in [0.29, 0.717) is 31.1 Å². The van der Waals surface area contributed by atoms with E-state index >= 15 is 0 Å². The number of hydrogen-bond acceptors (Lipinski definition) is 5. The molecule has 2 heterocycles. The van der Waals surface area contributed by atoms with E-state index in [1.165, 1.54) is 6.33 Å². The number of morpholine rings is 1. The van der Waals surface area contributed by atoms with Gasteiger partial charge in [-0.05, 0) is 30.0 Å². The Morgan fingerprint density at radius 1 is 1.38 bits per heavy atom. The Bertz CT molecular complexity index is 765. The molecule has 1 saturated heterocycles. The van der Waals surface area contributed by atoms with Gasteiger partial charge in [0.1, 0.15) is 12.4 Å². The van der Waals surface area contributed by atoms with Crippen molar-refractivity contribution in [1.82, 2.24) is 20.1 Å². The maximum absolute atomic E-state index is 12.8. The van der Waals surface area contributed by atoms with Crippen molar-refractivity contribution >= 4 is 5.91 Å². The van der Waals surface area contributed by atoms with Gasteiger partial charge in [0.25, 0.3) is 0 Å². The molecule has 2 aromatic rings. The predicted molar refractivity (Wildman–Crippen MR) is 83.7 cm³/mol. The molecule has 1 amide bonds. The first kappa shape index (κ1) is 14.8. The van der Waals surface area contributed by atoms with Gasteiger partial charge in [-0.3, -0.25) is 9.89 Å². The van der Waals surface area contributed by atoms with Crippen molar-refractivity contribution in [3.05, 3.63) is 47.5 Å². The van der Waals surface area contributed by atoms with Gasteiger partial charge in [0, 0.05) is 12.5 Å². The van der Waals surface area contributed by atoms with Crippen molar-refractivity contribution in [2.45, 2.75) is 18.4 Å². The fourth-order valence-corrected chi connectivity index (χ4v) is 3.26. The maximum atomic E-state index is 12.8. The molecule has 0 bridgehead atoms. The van der Waals surface area contributed by atoms with Gasteiger partial charge in [-0.2, -0.15) is 10.4 Å². The van der Waals surface area contributed by atoms with Gasteiger partial charge in [-0.1, -0.05) is 12.1 Å². The second-order valence-electron chi connectivity index (χ2n) is 6.20. The molecule has 1 saturated carbocycles. The zero-order chi connectivity index (χ0) is 16.5. The normalized spacial score (nSPS) is 26.0. The molecule has 7 nitrogen and oxygen atoms in total. The van der Waals surface area contributed by atoms with E-state index in [4.69, 9.17) is 10.00 Å². The van der Waals surface area contributed by atoms with Gasteiger partial charge in [-0.25, -0.2) is 4.98 Å². The molecule has 1 aliphatic carbocycles. The van der Waals surface area contributed by atoms with Gasteiger partial charge in [0.05, 0.1) is 24.8 Å². The lowest BCUT2D eigenvalue weighted by atomic mass is 10.1. The molecule has 1 aromatic heterocycles. The number of aromatic nitrogens is 3. The molecule has 1 aromatic carbocycles. The SMILES string of the molecule is N#Cc1ccc(C2CC2C(=O)N2CCOC(c3ncn[nH]3)C2)cc1. The number of carbonyl (C=O) groups excluding carboxylic acids is 1. The number of carbonyl (C=O) groups is 1. The molecular formula is C17H17N5O2. The van der Waals surface area contributed by atoms with Crippen LogP contribution in [0, 0.1) is 17.2 Å². The summed E-state index contributed by atoms with van der Waals surface area (Å²) in [5.74, 6) is 1.13. The summed E-state index contributed by atoms with van der Waals surface area (Å²) in [5, 5.41) is 15.5. The number of nitriles is 1. The van der Waals surface area contributed by atoms with Crippen LogP contribution in [0.25, 0.3) is 0 Å². The zero-order valence-electron chi connectivity index (χ0n) is 13.1. The Morgan fingerprint density at radius 2 is 2.21 bits per heavy atom. The largest absolute Gasteiger partial charge is 0.367 e. The number of nitrogens with one attached hydrogen (secondary N) is 1. The number of hydrogen-bond donors (Lipinski definition) is 1. The van der Waals surface area contributed by atoms with Crippen molar-refractivity contribution in [3.8, 4) is 6.07 Å². The highest BCUT2D eigenvalue weighted by Gasteiger charge is 2.46. The zero-order valence-corrected chi connectivity index (χ0v) is 13.1. The lowest BCUT2D eigenvalue weighted by molar-refractivity contribution is -0.140. The molecular weight excluding hydrogens is 306 g/mol. The van der Waals surface area contributed by atoms with Crippen LogP contribution in [-0.2, 0) is 9.53 Å². The van der Waals surface area contributed by atoms with E-state index in [1.54, 1.807) is 0 Å². The number of amides is 1. The maximum Gasteiger partial charge on any atom is 0.226 e. The van der Waals surface area contributed by atoms with E-state index in [-0.39, 0.29) is 23.8 Å². The van der Waals surface area contributed by atoms with Crippen LogP contribution in [0.4, 0.5) is 0 Å². The first-order valence-electron chi connectivity index (χ1n) is 8.02. The first-order valence-corrected chi connectivity index (χ1v) is 8.02. The summed E-state index contributed by atoms with van der Waals surface area (Å²) >= 11 is 0. The van der Waals surface area contributed by atoms with E-state index in [1.807, 2.05) is 29.2 Å². The molecule has 2 fully saturated rings. The minimum atomic E-state index is -0.239. The Hall–Kier alpha value is -2.72. The summed E-state index contributed by atoms with van der Waals surface area (Å²) in [6.07, 6.45) is 2.08. The Kier molecular flexibility index (Phi) is 3.75. The highest BCUT2D eigenvalue weighted by atomic mass is 16.5. The number of H-pyrrole nitrogens is 1. The summed E-state index contributed by atoms with van der Waals surface area (Å²) < 4.78 is 5.68. The summed E-state index contributed by atoms with van der Waals surface area (Å²) in [7, 11) is 0. The number of nitrogens with zero attached hydrogens (tertiary/aromatic N) is 4. The van der Waals surface area contributed by atoms with Crippen molar-refractivity contribution in [2.75, 3.05) is 19.7 Å². The monoisotopic (exact) mass is 323 g/mol. The third-order valence-corrected chi connectivity index (χ3v) is 4.69. The minimum absolute atomic E-state index is 0.0337. The van der Waals surface area contributed by atoms with Crippen LogP contribution >= 0.6 is 0 Å². The summed E-state index contributed by atoms with van der Waals surface area (Å²) in [4.78, 5) is 18.7. The lowest BCUT2D eigenvalue weighted by Gasteiger charge is -2.32. The fourth-order valence-electron chi connectivity index (χ4n) is 3.26. The molecule has 3 atom stereocenters. The van der Waals surface area contributed by atoms with Crippen LogP contribution in [0.1, 0.15) is 35.4 Å². The van der Waals surface area contributed by atoms with Crippen LogP contribution in [0.15, 0.2) is 30.6 Å². The van der Waals surface area contributed by atoms with E-state index in [9.17, 15) is 4.79 Å². The third kappa shape index (κ3) is 2.76. The topological polar surface area (TPSA) is 94.9 Å². The van der Waals surface area contributed by atoms with Gasteiger partial charge >= 0.3 is 0 Å². The van der Waals surface area contributed by atoms with Gasteiger partial charge in [-0.15, -0.1) is 0 Å². The Labute approximate surface area is 139 Å². The molecule has 0 radical (unpaired) electrons. The van der Waals surface area contributed by atoms with Crippen molar-refractivity contribution < 1.29 is 9.53 Å². The Morgan fingerprint density at radius 3 is 2.92 bits per heavy atom. The number of aromatic amines is 1. The average molecular weight is 323 g/mol. The first-order chi connectivity index (χ1) is 11.8. The molecule has 3 unspecified atom stereocenters. The molecule has 122 valence electrons. The molecule has 0 spiro atoms. The lowest BCUT2D eigenvalue weighted by Crippen LogP contribution is -2.43. The Balaban J connectivity index is 1.40. The van der Waals surface area contributed by atoms with Crippen LogP contribution < -0.4 is 0 Å². The van der Waals surface area contributed by atoms with E-state index in [2.05, 4.69) is 21.3 Å². The summed E-state index contributed by atoms with van der Waals surface area (Å²) in [6.45, 7) is 1.62. The smallest absolute Gasteiger partial charge is 0.226 e. The number of ether oxygens (including phenoxy) is 1. The van der Waals surface area contributed by atoms with Gasteiger partial charge in [0.15, 0.2) is 5.82 Å². The van der Waals surface area contributed by atoms with Crippen LogP contribution in [-0.4, -0.2) is 45.7 Å². The van der Waals surface area contributed by atoms with Crippen LogP contribution in [0.2, 0.25) is 0 Å². The molecule has 4 rings (SSSR count). The third-order valence-electron chi connectivity index (χ3n) is 4.69. The standard InChI is InChI=1S/C17H17N5O2/c18-8-11-1-3-12(4-2-11)13-7-14(13)17(23)22-5-6-24-15(9-22)16-19-10-20-21-16/h1-4,10,13-15H,5-7,9H2,(H,19,20,21). The quantitative estimate of drug-likeness (QED) is 0.921. The molecule has 1 N–H and O–H groups in total. The van der Waals surface area contributed by atoms with Crippen molar-refractivity contribution in [3.63, 3.8) is 0 Å². The van der Waals surface area contributed by atoms with Crippen molar-refractivity contribution in [1.29, 1.82) is 5.26 Å². The van der Waals surface area contributed by atoms with E-state index in [0.717, 1.165) is 12.0 Å². The summed E-state index contributed by atoms with van der Waals surface area (Å²) in [5.41, 5.74) is 1.78. The minimum Gasteiger partial charge on any atom is -0.367 e. The van der Waals surface area contributed by atoms with Crippen molar-refractivity contribution in [2.24, 2.45) is 5.92 Å². The average Bonchev–Trinajstić information content (AvgIpc) is 3.25. The van der Waals surface area contributed by atoms with Crippen LogP contribution in [0.5, 0.6) is 0 Å². The van der Waals surface area contributed by atoms with Gasteiger partial charge < -0.3 is 9.64 Å². The molecule has 1 aliphatic heterocycles. The van der Waals surface area contributed by atoms with Gasteiger partial charge in [0.2, 0.25) is 5.91 Å². The molecule has 24 heavy (non-hydrogen) atoms. The summed E-state index contributed by atoms with van der Waals surface area (Å²) in [6, 6.07) is 9.64. The number of benzene rings is 1. The predicted octanol–water partition coefficient (Wildman–Crippen LogP) is 1.38. The second-order valence-corrected chi connectivity index (χ2v) is 6.20. The highest BCUT2D eigenvalue weighted by Crippen LogP contribution is 2.48.